The smallest absolute Gasteiger partial charge is 0.306 e. The van der Waals surface area contributed by atoms with Gasteiger partial charge < -0.3 is 10.0 Å². The van der Waals surface area contributed by atoms with E-state index < -0.39 is 5.97 Å². The second kappa shape index (κ2) is 5.52. The number of aliphatic carboxylic acids is 1. The lowest BCUT2D eigenvalue weighted by Crippen LogP contribution is -2.39. The maximum absolute atomic E-state index is 12.2. The Labute approximate surface area is 114 Å². The first-order valence-electron chi connectivity index (χ1n) is 6.10. The summed E-state index contributed by atoms with van der Waals surface area (Å²) in [6.07, 6.45) is 0.984. The van der Waals surface area contributed by atoms with Crippen LogP contribution in [0.4, 0.5) is 0 Å². The van der Waals surface area contributed by atoms with Crippen LogP contribution in [0.5, 0.6) is 0 Å². The zero-order chi connectivity index (χ0) is 14.0. The molecule has 1 N–H and O–H groups in total. The third-order valence-corrected chi connectivity index (χ3v) is 4.27. The number of rotatable bonds is 3. The number of carbonyl (C=O) groups is 3. The number of carboxylic acid groups (broad SMARTS) is 1. The summed E-state index contributed by atoms with van der Waals surface area (Å²) >= 11 is 1.26. The van der Waals surface area contributed by atoms with Crippen LogP contribution in [0.25, 0.3) is 0 Å². The predicted molar refractivity (Wildman–Crippen MR) is 70.6 cm³/mol. The van der Waals surface area contributed by atoms with Crippen molar-refractivity contribution in [2.45, 2.75) is 19.8 Å². The largest absolute Gasteiger partial charge is 0.481 e. The van der Waals surface area contributed by atoms with Gasteiger partial charge in [-0.15, -0.1) is 11.3 Å². The van der Waals surface area contributed by atoms with Crippen LogP contribution >= 0.6 is 11.3 Å². The summed E-state index contributed by atoms with van der Waals surface area (Å²) < 4.78 is 0. The van der Waals surface area contributed by atoms with Gasteiger partial charge in [0.1, 0.15) is 0 Å². The highest BCUT2D eigenvalue weighted by Gasteiger charge is 2.28. The molecule has 1 saturated heterocycles. The summed E-state index contributed by atoms with van der Waals surface area (Å²) in [5.74, 6) is -1.30. The van der Waals surface area contributed by atoms with E-state index in [1.165, 1.54) is 18.3 Å². The lowest BCUT2D eigenvalue weighted by atomic mass is 9.97. The van der Waals surface area contributed by atoms with Crippen molar-refractivity contribution in [3.8, 4) is 0 Å². The molecule has 2 rings (SSSR count). The Balaban J connectivity index is 2.01. The number of carbonyl (C=O) groups excluding carboxylic acids is 2. The summed E-state index contributed by atoms with van der Waals surface area (Å²) in [5, 5.41) is 10.6. The summed E-state index contributed by atoms with van der Waals surface area (Å²) in [7, 11) is 0. The second-order valence-electron chi connectivity index (χ2n) is 4.66. The molecule has 1 aliphatic rings. The fraction of sp³-hybridized carbons (Fsp3) is 0.462. The number of likely N-dealkylation sites (tertiary alicyclic amines) is 1. The Morgan fingerprint density at radius 2 is 1.95 bits per heavy atom. The van der Waals surface area contributed by atoms with Crippen LogP contribution in [-0.4, -0.2) is 40.8 Å². The number of nitrogens with zero attached hydrogens (tertiary/aromatic N) is 1. The molecule has 1 fully saturated rings. The molecule has 1 aliphatic heterocycles. The quantitative estimate of drug-likeness (QED) is 0.858. The topological polar surface area (TPSA) is 74.7 Å². The fourth-order valence-electron chi connectivity index (χ4n) is 2.12. The van der Waals surface area contributed by atoms with Gasteiger partial charge in [0.25, 0.3) is 5.91 Å². The van der Waals surface area contributed by atoms with E-state index in [1.807, 2.05) is 0 Å². The molecule has 19 heavy (non-hydrogen) atoms. The van der Waals surface area contributed by atoms with Gasteiger partial charge in [0.15, 0.2) is 5.78 Å². The van der Waals surface area contributed by atoms with Crippen LogP contribution < -0.4 is 0 Å². The Morgan fingerprint density at radius 3 is 2.42 bits per heavy atom. The van der Waals surface area contributed by atoms with Gasteiger partial charge in [-0.1, -0.05) is 0 Å². The van der Waals surface area contributed by atoms with Crippen molar-refractivity contribution >= 4 is 29.0 Å². The van der Waals surface area contributed by atoms with Gasteiger partial charge in [0, 0.05) is 24.0 Å². The average molecular weight is 281 g/mol. The molecule has 0 unspecified atom stereocenters. The van der Waals surface area contributed by atoms with Gasteiger partial charge in [-0.05, 0) is 25.8 Å². The number of hydrogen-bond donors (Lipinski definition) is 1. The third kappa shape index (κ3) is 3.01. The first-order chi connectivity index (χ1) is 8.99. The molecular weight excluding hydrogens is 266 g/mol. The van der Waals surface area contributed by atoms with E-state index in [1.54, 1.807) is 16.3 Å². The van der Waals surface area contributed by atoms with E-state index in [-0.39, 0.29) is 17.6 Å². The summed E-state index contributed by atoms with van der Waals surface area (Å²) in [6.45, 7) is 2.39. The number of ketones is 1. The van der Waals surface area contributed by atoms with Crippen molar-refractivity contribution < 1.29 is 19.5 Å². The standard InChI is InChI=1S/C13H15NO4S/c1-8(15)10-6-11(19-7-10)12(16)14-4-2-9(3-5-14)13(17)18/h6-7,9H,2-5H2,1H3,(H,17,18). The van der Waals surface area contributed by atoms with E-state index in [2.05, 4.69) is 0 Å². The van der Waals surface area contributed by atoms with Gasteiger partial charge in [0.05, 0.1) is 10.8 Å². The Hall–Kier alpha value is -1.69. The highest BCUT2D eigenvalue weighted by Crippen LogP contribution is 2.22. The minimum Gasteiger partial charge on any atom is -0.481 e. The zero-order valence-electron chi connectivity index (χ0n) is 10.6. The van der Waals surface area contributed by atoms with E-state index in [9.17, 15) is 14.4 Å². The molecule has 102 valence electrons. The van der Waals surface area contributed by atoms with Gasteiger partial charge >= 0.3 is 5.97 Å². The fourth-order valence-corrected chi connectivity index (χ4v) is 3.03. The van der Waals surface area contributed by atoms with Gasteiger partial charge in [-0.2, -0.15) is 0 Å². The number of amides is 1. The van der Waals surface area contributed by atoms with E-state index in [0.717, 1.165) is 0 Å². The Bertz CT molecular complexity index is 514. The number of piperidine rings is 1. The van der Waals surface area contributed by atoms with Gasteiger partial charge in [0.2, 0.25) is 0 Å². The van der Waals surface area contributed by atoms with Crippen molar-refractivity contribution in [2.24, 2.45) is 5.92 Å². The minimum atomic E-state index is -0.790. The van der Waals surface area contributed by atoms with Gasteiger partial charge in [-0.25, -0.2) is 0 Å². The number of carboxylic acids is 1. The van der Waals surface area contributed by atoms with Crippen molar-refractivity contribution in [1.82, 2.24) is 4.90 Å². The first-order valence-corrected chi connectivity index (χ1v) is 6.98. The molecule has 0 aromatic carbocycles. The molecule has 0 radical (unpaired) electrons. The lowest BCUT2D eigenvalue weighted by Gasteiger charge is -2.29. The molecule has 1 aromatic heterocycles. The maximum Gasteiger partial charge on any atom is 0.306 e. The van der Waals surface area contributed by atoms with Crippen molar-refractivity contribution in [3.63, 3.8) is 0 Å². The Kier molecular flexibility index (Phi) is 3.99. The number of thiophene rings is 1. The second-order valence-corrected chi connectivity index (χ2v) is 5.57. The van der Waals surface area contributed by atoms with Crippen LogP contribution in [0.15, 0.2) is 11.4 Å². The normalized spacial score (nSPS) is 16.4. The summed E-state index contributed by atoms with van der Waals surface area (Å²) in [5.41, 5.74) is 0.550. The summed E-state index contributed by atoms with van der Waals surface area (Å²) in [4.78, 5) is 36.4. The van der Waals surface area contributed by atoms with Crippen LogP contribution in [0.3, 0.4) is 0 Å². The van der Waals surface area contributed by atoms with E-state index in [4.69, 9.17) is 5.11 Å². The molecule has 5 nitrogen and oxygen atoms in total. The number of Topliss-reactive ketones (excluding diaryl/α,β-unsaturated/α-hetero) is 1. The van der Waals surface area contributed by atoms with Crippen molar-refractivity contribution in [3.05, 3.63) is 21.9 Å². The number of hydrogen-bond acceptors (Lipinski definition) is 4. The average Bonchev–Trinajstić information content (AvgIpc) is 2.87. The highest BCUT2D eigenvalue weighted by atomic mass is 32.1. The van der Waals surface area contributed by atoms with E-state index in [0.29, 0.717) is 36.4 Å². The molecule has 1 amide bonds. The summed E-state index contributed by atoms with van der Waals surface area (Å²) in [6, 6.07) is 1.61. The SMILES string of the molecule is CC(=O)c1csc(C(=O)N2CCC(C(=O)O)CC2)c1. The molecule has 6 heteroatoms. The molecule has 0 saturated carbocycles. The Morgan fingerprint density at radius 1 is 1.32 bits per heavy atom. The predicted octanol–water partition coefficient (Wildman–Crippen LogP) is 1.89. The van der Waals surface area contributed by atoms with E-state index >= 15 is 0 Å². The van der Waals surface area contributed by atoms with Gasteiger partial charge in [-0.3, -0.25) is 14.4 Å². The third-order valence-electron chi connectivity index (χ3n) is 3.35. The van der Waals surface area contributed by atoms with Crippen molar-refractivity contribution in [2.75, 3.05) is 13.1 Å². The van der Waals surface area contributed by atoms with Crippen LogP contribution in [0.1, 0.15) is 39.8 Å². The lowest BCUT2D eigenvalue weighted by molar-refractivity contribution is -0.143. The van der Waals surface area contributed by atoms with Crippen LogP contribution in [0, 0.1) is 5.92 Å². The highest BCUT2D eigenvalue weighted by molar-refractivity contribution is 7.12. The maximum atomic E-state index is 12.2. The molecule has 0 bridgehead atoms. The first kappa shape index (κ1) is 13.7. The van der Waals surface area contributed by atoms with Crippen LogP contribution in [0.2, 0.25) is 0 Å². The molecule has 2 heterocycles. The van der Waals surface area contributed by atoms with Crippen molar-refractivity contribution in [1.29, 1.82) is 0 Å². The molecule has 1 aromatic rings. The zero-order valence-corrected chi connectivity index (χ0v) is 11.4. The monoisotopic (exact) mass is 281 g/mol. The minimum absolute atomic E-state index is 0.0557. The molecule has 0 aliphatic carbocycles. The van der Waals surface area contributed by atoms with Crippen LogP contribution in [-0.2, 0) is 4.79 Å². The molecule has 0 atom stereocenters. The molecular formula is C13H15NO4S. The molecule has 0 spiro atoms.